The van der Waals surface area contributed by atoms with Crippen molar-refractivity contribution >= 4 is 59.4 Å². The van der Waals surface area contributed by atoms with Crippen LogP contribution in [-0.2, 0) is 10.0 Å². The molecule has 0 saturated carbocycles. The second kappa shape index (κ2) is 6.01. The Morgan fingerprint density at radius 3 is 2.50 bits per heavy atom. The van der Waals surface area contributed by atoms with E-state index in [9.17, 15) is 13.2 Å². The van der Waals surface area contributed by atoms with Crippen LogP contribution in [0, 0.1) is 0 Å². The zero-order chi connectivity index (χ0) is 17.5. The van der Waals surface area contributed by atoms with E-state index in [4.69, 9.17) is 10.9 Å². The van der Waals surface area contributed by atoms with E-state index in [0.29, 0.717) is 17.0 Å². The third-order valence-electron chi connectivity index (χ3n) is 2.75. The molecule has 4 N–H and O–H groups in total. The summed E-state index contributed by atoms with van der Waals surface area (Å²) in [5.74, 6) is -0.183. The highest BCUT2D eigenvalue weighted by molar-refractivity contribution is 9.10. The fourth-order valence-corrected chi connectivity index (χ4v) is 3.45. The second-order valence-corrected chi connectivity index (χ2v) is 8.04. The lowest BCUT2D eigenvalue weighted by Gasteiger charge is -1.99. The number of hydrogen-bond donors (Lipinski definition) is 2. The first-order chi connectivity index (χ1) is 11.3. The van der Waals surface area contributed by atoms with Crippen molar-refractivity contribution in [1.82, 2.24) is 14.6 Å². The van der Waals surface area contributed by atoms with Crippen molar-refractivity contribution in [1.29, 1.82) is 0 Å². The van der Waals surface area contributed by atoms with E-state index >= 15 is 0 Å². The van der Waals surface area contributed by atoms with Crippen LogP contribution in [-0.4, -0.2) is 23.0 Å². The molecule has 3 aromatic rings. The molecule has 0 spiro atoms. The van der Waals surface area contributed by atoms with Gasteiger partial charge in [0.15, 0.2) is 11.5 Å². The zero-order valence-electron chi connectivity index (χ0n) is 11.6. The van der Waals surface area contributed by atoms with Crippen molar-refractivity contribution in [3.8, 4) is 0 Å². The minimum Gasteiger partial charge on any atom is -0.382 e. The number of halogens is 1. The molecule has 24 heavy (non-hydrogen) atoms. The van der Waals surface area contributed by atoms with E-state index in [1.54, 1.807) is 24.3 Å². The number of nitrogens with two attached hydrogens (primary N) is 2. The van der Waals surface area contributed by atoms with E-state index < -0.39 is 19.9 Å². The van der Waals surface area contributed by atoms with E-state index in [1.165, 1.54) is 0 Å². The van der Waals surface area contributed by atoms with E-state index in [0.717, 1.165) is 8.99 Å². The smallest absolute Gasteiger partial charge is 0.304 e. The molecular formula is C11H8BrN7O3S2. The first kappa shape index (κ1) is 16.6. The Morgan fingerprint density at radius 1 is 1.21 bits per heavy atom. The number of anilines is 1. The fourth-order valence-electron chi connectivity index (χ4n) is 1.67. The molecule has 0 fully saturated rings. The predicted octanol–water partition coefficient (Wildman–Crippen LogP) is 1.56. The first-order valence-corrected chi connectivity index (χ1v) is 9.31. The lowest BCUT2D eigenvalue weighted by atomic mass is 10.3. The summed E-state index contributed by atoms with van der Waals surface area (Å²) in [4.78, 5) is 15.7. The molecule has 0 amide bonds. The molecule has 0 aliphatic carbocycles. The van der Waals surface area contributed by atoms with Gasteiger partial charge in [-0.1, -0.05) is 27.3 Å². The molecule has 10 nitrogen and oxygen atoms in total. The van der Waals surface area contributed by atoms with Crippen LogP contribution < -0.4 is 16.4 Å². The molecule has 3 rings (SSSR count). The van der Waals surface area contributed by atoms with Gasteiger partial charge in [-0.15, -0.1) is 10.2 Å². The van der Waals surface area contributed by atoms with Crippen molar-refractivity contribution < 1.29 is 8.42 Å². The van der Waals surface area contributed by atoms with Gasteiger partial charge in [-0.25, -0.2) is 13.6 Å². The van der Waals surface area contributed by atoms with Gasteiger partial charge in [0, 0.05) is 4.47 Å². The maximum Gasteiger partial charge on any atom is 0.304 e. The Kier molecular flexibility index (Phi) is 4.16. The van der Waals surface area contributed by atoms with Crippen LogP contribution in [0.5, 0.6) is 0 Å². The number of sulfonamides is 1. The highest BCUT2D eigenvalue weighted by atomic mass is 79.9. The fraction of sp³-hybridized carbons (Fsp3) is 0. The number of aromatic nitrogens is 3. The molecule has 0 aliphatic rings. The van der Waals surface area contributed by atoms with E-state index in [2.05, 4.69) is 36.2 Å². The topological polar surface area (TPSA) is 158 Å². The molecule has 124 valence electrons. The monoisotopic (exact) mass is 429 g/mol. The summed E-state index contributed by atoms with van der Waals surface area (Å²) in [5, 5.41) is 16.5. The maximum atomic E-state index is 12.0. The van der Waals surface area contributed by atoms with Crippen LogP contribution in [0.4, 0.5) is 17.2 Å². The van der Waals surface area contributed by atoms with Crippen molar-refractivity contribution in [2.75, 3.05) is 5.73 Å². The number of hydrogen-bond acceptors (Lipinski definition) is 9. The summed E-state index contributed by atoms with van der Waals surface area (Å²) in [7, 11) is -4.04. The Balaban J connectivity index is 2.11. The normalized spacial score (nSPS) is 12.2. The molecule has 0 atom stereocenters. The number of primary sulfonamides is 1. The van der Waals surface area contributed by atoms with Gasteiger partial charge < -0.3 is 5.73 Å². The van der Waals surface area contributed by atoms with Gasteiger partial charge in [0.2, 0.25) is 9.30 Å². The van der Waals surface area contributed by atoms with Crippen molar-refractivity contribution in [3.05, 3.63) is 39.1 Å². The van der Waals surface area contributed by atoms with Gasteiger partial charge in [-0.05, 0) is 24.3 Å². The molecule has 1 aromatic carbocycles. The van der Waals surface area contributed by atoms with Crippen LogP contribution in [0.1, 0.15) is 0 Å². The summed E-state index contributed by atoms with van der Waals surface area (Å²) in [6, 6.07) is 6.86. The molecule has 13 heteroatoms. The predicted molar refractivity (Wildman–Crippen MR) is 91.2 cm³/mol. The van der Waals surface area contributed by atoms with Crippen LogP contribution in [0.15, 0.2) is 48.1 Å². The number of rotatable bonds is 3. The molecule has 0 radical (unpaired) electrons. The van der Waals surface area contributed by atoms with E-state index in [-0.39, 0.29) is 16.5 Å². The van der Waals surface area contributed by atoms with Crippen LogP contribution in [0.2, 0.25) is 0 Å². The highest BCUT2D eigenvalue weighted by Gasteiger charge is 2.19. The molecule has 0 unspecified atom stereocenters. The van der Waals surface area contributed by atoms with Crippen molar-refractivity contribution in [2.24, 2.45) is 15.4 Å². The molecule has 2 heterocycles. The number of azo groups is 1. The third-order valence-corrected chi connectivity index (χ3v) is 5.49. The number of benzene rings is 1. The molecule has 0 saturated heterocycles. The average molecular weight is 430 g/mol. The van der Waals surface area contributed by atoms with Crippen LogP contribution >= 0.6 is 27.3 Å². The van der Waals surface area contributed by atoms with Crippen LogP contribution in [0.25, 0.3) is 4.96 Å². The first-order valence-electron chi connectivity index (χ1n) is 6.15. The largest absolute Gasteiger partial charge is 0.382 e. The molecule has 0 bridgehead atoms. The summed E-state index contributed by atoms with van der Waals surface area (Å²) in [6.45, 7) is 0. The Hall–Kier alpha value is -2.22. The Labute approximate surface area is 147 Å². The standard InChI is InChI=1S/C11H8BrN7O3S2/c12-5-1-3-6(4-2-5)16-17-7-8(13)19-10(15-9(7)20)23-11(18-19)24(14,21)22/h1-4H,13H2,(H2,14,21,22). The summed E-state index contributed by atoms with van der Waals surface area (Å²) < 4.78 is 24.1. The Bertz CT molecular complexity index is 1120. The lowest BCUT2D eigenvalue weighted by Crippen LogP contribution is -2.14. The molecule has 0 aliphatic heterocycles. The average Bonchev–Trinajstić information content (AvgIpc) is 2.93. The molecule has 2 aromatic heterocycles. The minimum atomic E-state index is -4.04. The third kappa shape index (κ3) is 3.19. The quantitative estimate of drug-likeness (QED) is 0.600. The highest BCUT2D eigenvalue weighted by Crippen LogP contribution is 2.25. The Morgan fingerprint density at radius 2 is 1.88 bits per heavy atom. The number of nitrogens with zero attached hydrogens (tertiary/aromatic N) is 5. The zero-order valence-corrected chi connectivity index (χ0v) is 14.8. The summed E-state index contributed by atoms with van der Waals surface area (Å²) >= 11 is 3.92. The van der Waals surface area contributed by atoms with Crippen LogP contribution in [0.3, 0.4) is 0 Å². The van der Waals surface area contributed by atoms with E-state index in [1.807, 2.05) is 0 Å². The summed E-state index contributed by atoms with van der Waals surface area (Å²) in [5.41, 5.74) is 5.33. The van der Waals surface area contributed by atoms with Gasteiger partial charge >= 0.3 is 5.56 Å². The minimum absolute atomic E-state index is 0.0101. The lowest BCUT2D eigenvalue weighted by molar-refractivity contribution is 0.595. The van der Waals surface area contributed by atoms with Gasteiger partial charge in [0.05, 0.1) is 5.69 Å². The SMILES string of the molecule is Nc1c(N=Nc2ccc(Br)cc2)c(=O)nc2sc(S(N)(=O)=O)nn12. The summed E-state index contributed by atoms with van der Waals surface area (Å²) in [6.07, 6.45) is 0. The second-order valence-electron chi connectivity index (χ2n) is 4.43. The van der Waals surface area contributed by atoms with Gasteiger partial charge in [-0.3, -0.25) is 4.79 Å². The maximum absolute atomic E-state index is 12.0. The molecular weight excluding hydrogens is 422 g/mol. The van der Waals surface area contributed by atoms with Crippen molar-refractivity contribution in [3.63, 3.8) is 0 Å². The van der Waals surface area contributed by atoms with Gasteiger partial charge in [0.1, 0.15) is 0 Å². The van der Waals surface area contributed by atoms with Crippen molar-refractivity contribution in [2.45, 2.75) is 4.34 Å². The number of fused-ring (bicyclic) bond motifs is 1. The number of nitrogen functional groups attached to an aromatic ring is 1. The van der Waals surface area contributed by atoms with Gasteiger partial charge in [0.25, 0.3) is 10.0 Å². The van der Waals surface area contributed by atoms with Gasteiger partial charge in [-0.2, -0.15) is 14.6 Å².